The molecular weight excluding hydrogens is 351 g/mol. The Labute approximate surface area is 166 Å². The van der Waals surface area contributed by atoms with E-state index >= 15 is 0 Å². The maximum Gasteiger partial charge on any atom is 0.228 e. The van der Waals surface area contributed by atoms with E-state index in [1.807, 2.05) is 80.4 Å². The quantitative estimate of drug-likeness (QED) is 0.575. The third kappa shape index (κ3) is 5.10. The number of carbonyl (C=O) groups excluding carboxylic acids is 1. The summed E-state index contributed by atoms with van der Waals surface area (Å²) < 4.78 is 15.6. The topological polar surface area (TPSA) is 25.2 Å². The molecule has 1 aromatic heterocycles. The van der Waals surface area contributed by atoms with Crippen LogP contribution in [0.15, 0.2) is 72.9 Å². The van der Waals surface area contributed by atoms with Crippen molar-refractivity contribution in [1.29, 1.82) is 0 Å². The van der Waals surface area contributed by atoms with Crippen LogP contribution in [-0.4, -0.2) is 15.4 Å². The average Bonchev–Trinajstić information content (AvgIpc) is 3.07. The van der Waals surface area contributed by atoms with Gasteiger partial charge in [0, 0.05) is 30.4 Å². The van der Waals surface area contributed by atoms with Gasteiger partial charge in [0.15, 0.2) is 0 Å². The third-order valence-corrected chi connectivity index (χ3v) is 4.66. The first kappa shape index (κ1) is 19.9. The van der Waals surface area contributed by atoms with Gasteiger partial charge in [-0.2, -0.15) is 0 Å². The molecule has 28 heavy (non-hydrogen) atoms. The van der Waals surface area contributed by atoms with Gasteiger partial charge >= 0.3 is 0 Å². The molecule has 2 aromatic carbocycles. The maximum absolute atomic E-state index is 13.5. The number of hydrogen-bond donors (Lipinski definition) is 0. The van der Waals surface area contributed by atoms with E-state index in [1.165, 1.54) is 6.07 Å². The van der Waals surface area contributed by atoms with Crippen LogP contribution in [0.2, 0.25) is 0 Å². The van der Waals surface area contributed by atoms with Crippen LogP contribution in [0, 0.1) is 11.2 Å². The molecule has 0 N–H and O–H groups in total. The summed E-state index contributed by atoms with van der Waals surface area (Å²) in [4.78, 5) is 15.0. The lowest BCUT2D eigenvalue weighted by Crippen LogP contribution is -2.39. The zero-order valence-electron chi connectivity index (χ0n) is 16.7. The van der Waals surface area contributed by atoms with Gasteiger partial charge in [-0.1, -0.05) is 63.2 Å². The van der Waals surface area contributed by atoms with Crippen molar-refractivity contribution in [2.45, 2.75) is 40.4 Å². The predicted octanol–water partition coefficient (Wildman–Crippen LogP) is 5.25. The van der Waals surface area contributed by atoms with Gasteiger partial charge < -0.3 is 9.47 Å². The highest BCUT2D eigenvalue weighted by Crippen LogP contribution is 2.22. The summed E-state index contributed by atoms with van der Waals surface area (Å²) in [6, 6.07) is 20.6. The van der Waals surface area contributed by atoms with E-state index in [9.17, 15) is 9.18 Å². The largest absolute Gasteiger partial charge is 0.345 e. The molecule has 3 nitrogen and oxygen atoms in total. The van der Waals surface area contributed by atoms with Crippen LogP contribution in [0.25, 0.3) is 0 Å². The molecule has 0 aliphatic heterocycles. The fourth-order valence-electron chi connectivity index (χ4n) is 3.25. The van der Waals surface area contributed by atoms with E-state index in [0.29, 0.717) is 19.6 Å². The standard InChI is InChI=1S/C24H27FN2O/c1-24(2,3)23(28)27(16-19-9-5-4-6-10-19)18-22-13-8-14-26(22)17-20-11-7-12-21(25)15-20/h4-15H,16-18H2,1-3H3. The summed E-state index contributed by atoms with van der Waals surface area (Å²) >= 11 is 0. The Morgan fingerprint density at radius 2 is 1.64 bits per heavy atom. The number of halogens is 1. The number of carbonyl (C=O) groups is 1. The molecule has 3 aromatic rings. The third-order valence-electron chi connectivity index (χ3n) is 4.66. The van der Waals surface area contributed by atoms with Crippen molar-refractivity contribution in [3.8, 4) is 0 Å². The number of hydrogen-bond acceptors (Lipinski definition) is 1. The van der Waals surface area contributed by atoms with Gasteiger partial charge in [-0.15, -0.1) is 0 Å². The van der Waals surface area contributed by atoms with Crippen molar-refractivity contribution in [2.24, 2.45) is 5.41 Å². The molecule has 0 saturated heterocycles. The van der Waals surface area contributed by atoms with E-state index in [2.05, 4.69) is 4.57 Å². The van der Waals surface area contributed by atoms with Crippen LogP contribution in [0.4, 0.5) is 4.39 Å². The van der Waals surface area contributed by atoms with E-state index in [4.69, 9.17) is 0 Å². The van der Waals surface area contributed by atoms with Crippen molar-refractivity contribution < 1.29 is 9.18 Å². The first-order valence-electron chi connectivity index (χ1n) is 9.55. The molecule has 0 fully saturated rings. The fourth-order valence-corrected chi connectivity index (χ4v) is 3.25. The summed E-state index contributed by atoms with van der Waals surface area (Å²) in [6.45, 7) is 7.47. The Bertz CT molecular complexity index is 925. The minimum Gasteiger partial charge on any atom is -0.345 e. The Hall–Kier alpha value is -2.88. The number of aromatic nitrogens is 1. The normalized spacial score (nSPS) is 11.4. The molecular formula is C24H27FN2O. The molecule has 3 rings (SSSR count). The van der Waals surface area contributed by atoms with E-state index < -0.39 is 5.41 Å². The molecule has 0 unspecified atom stereocenters. The summed E-state index contributed by atoms with van der Waals surface area (Å²) in [6.07, 6.45) is 1.97. The van der Waals surface area contributed by atoms with Gasteiger partial charge in [0.25, 0.3) is 0 Å². The molecule has 0 saturated carbocycles. The summed E-state index contributed by atoms with van der Waals surface area (Å²) in [5.41, 5.74) is 2.56. The monoisotopic (exact) mass is 378 g/mol. The minimum atomic E-state index is -0.464. The van der Waals surface area contributed by atoms with Gasteiger partial charge in [0.1, 0.15) is 5.82 Å². The highest BCUT2D eigenvalue weighted by atomic mass is 19.1. The van der Waals surface area contributed by atoms with E-state index in [-0.39, 0.29) is 11.7 Å². The molecule has 0 bridgehead atoms. The Balaban J connectivity index is 1.83. The highest BCUT2D eigenvalue weighted by molar-refractivity contribution is 5.81. The fraction of sp³-hybridized carbons (Fsp3) is 0.292. The number of amides is 1. The van der Waals surface area contributed by atoms with Crippen molar-refractivity contribution in [2.75, 3.05) is 0 Å². The first-order valence-corrected chi connectivity index (χ1v) is 9.55. The smallest absolute Gasteiger partial charge is 0.228 e. The molecule has 0 spiro atoms. The van der Waals surface area contributed by atoms with Crippen molar-refractivity contribution in [1.82, 2.24) is 9.47 Å². The Morgan fingerprint density at radius 3 is 2.32 bits per heavy atom. The van der Waals surface area contributed by atoms with Crippen molar-refractivity contribution in [3.05, 3.63) is 95.6 Å². The van der Waals surface area contributed by atoms with Gasteiger partial charge in [-0.05, 0) is 35.4 Å². The van der Waals surface area contributed by atoms with Gasteiger partial charge in [-0.25, -0.2) is 4.39 Å². The van der Waals surface area contributed by atoms with Gasteiger partial charge in [0.2, 0.25) is 5.91 Å². The Morgan fingerprint density at radius 1 is 0.929 bits per heavy atom. The molecule has 4 heteroatoms. The first-order chi connectivity index (χ1) is 13.3. The minimum absolute atomic E-state index is 0.106. The molecule has 146 valence electrons. The van der Waals surface area contributed by atoms with Crippen molar-refractivity contribution in [3.63, 3.8) is 0 Å². The number of rotatable bonds is 6. The molecule has 0 atom stereocenters. The number of benzene rings is 2. The summed E-state index contributed by atoms with van der Waals surface area (Å²) in [5.74, 6) is -0.130. The summed E-state index contributed by atoms with van der Waals surface area (Å²) in [7, 11) is 0. The highest BCUT2D eigenvalue weighted by Gasteiger charge is 2.28. The zero-order valence-corrected chi connectivity index (χ0v) is 16.7. The van der Waals surface area contributed by atoms with Crippen LogP contribution in [0.3, 0.4) is 0 Å². The second-order valence-electron chi connectivity index (χ2n) is 8.15. The second kappa shape index (κ2) is 8.42. The average molecular weight is 378 g/mol. The predicted molar refractivity (Wildman–Crippen MR) is 110 cm³/mol. The zero-order chi connectivity index (χ0) is 20.1. The van der Waals surface area contributed by atoms with Gasteiger partial charge in [-0.3, -0.25) is 4.79 Å². The van der Waals surface area contributed by atoms with Crippen LogP contribution >= 0.6 is 0 Å². The van der Waals surface area contributed by atoms with Crippen LogP contribution in [0.1, 0.15) is 37.6 Å². The molecule has 1 amide bonds. The second-order valence-corrected chi connectivity index (χ2v) is 8.15. The lowest BCUT2D eigenvalue weighted by atomic mass is 9.94. The number of nitrogens with zero attached hydrogens (tertiary/aromatic N) is 2. The summed E-state index contributed by atoms with van der Waals surface area (Å²) in [5, 5.41) is 0. The lowest BCUT2D eigenvalue weighted by molar-refractivity contribution is -0.140. The van der Waals surface area contributed by atoms with Crippen LogP contribution in [-0.2, 0) is 24.4 Å². The van der Waals surface area contributed by atoms with Crippen LogP contribution in [0.5, 0.6) is 0 Å². The van der Waals surface area contributed by atoms with Crippen LogP contribution < -0.4 is 0 Å². The van der Waals surface area contributed by atoms with Crippen molar-refractivity contribution >= 4 is 5.91 Å². The molecule has 0 aliphatic rings. The van der Waals surface area contributed by atoms with E-state index in [0.717, 1.165) is 16.8 Å². The molecule has 0 radical (unpaired) electrons. The Kier molecular flexibility index (Phi) is 5.98. The molecule has 0 aliphatic carbocycles. The maximum atomic E-state index is 13.5. The lowest BCUT2D eigenvalue weighted by Gasteiger charge is -2.30. The van der Waals surface area contributed by atoms with Gasteiger partial charge in [0.05, 0.1) is 6.54 Å². The SMILES string of the molecule is CC(C)(C)C(=O)N(Cc1ccccc1)Cc1cccn1Cc1cccc(F)c1. The molecule has 1 heterocycles. The van der Waals surface area contributed by atoms with E-state index in [1.54, 1.807) is 12.1 Å².